The molecule has 3 aromatic rings. The minimum atomic E-state index is -0.829. The Morgan fingerprint density at radius 1 is 1.26 bits per heavy atom. The molecule has 0 saturated carbocycles. The number of aryl methyl sites for hydroxylation is 1. The number of nitrogens with one attached hydrogen (secondary N) is 1. The van der Waals surface area contributed by atoms with Crippen LogP contribution in [-0.4, -0.2) is 31.3 Å². The van der Waals surface area contributed by atoms with Crippen LogP contribution in [0.3, 0.4) is 0 Å². The number of hydrogen-bond acceptors (Lipinski definition) is 3. The fourth-order valence-corrected chi connectivity index (χ4v) is 4.74. The van der Waals surface area contributed by atoms with Gasteiger partial charge in [0.05, 0.1) is 6.54 Å². The van der Waals surface area contributed by atoms with Crippen molar-refractivity contribution in [1.82, 2.24) is 9.88 Å². The topological polar surface area (TPSA) is 56.3 Å². The molecular weight excluding hydrogens is 376 g/mol. The van der Waals surface area contributed by atoms with Crippen molar-refractivity contribution in [2.45, 2.75) is 31.7 Å². The van der Waals surface area contributed by atoms with Gasteiger partial charge in [0.25, 0.3) is 0 Å². The van der Waals surface area contributed by atoms with E-state index in [1.165, 1.54) is 22.9 Å². The minimum absolute atomic E-state index is 0.458. The van der Waals surface area contributed by atoms with Crippen LogP contribution >= 0.6 is 24.0 Å². The number of carboxylic acids is 1. The summed E-state index contributed by atoms with van der Waals surface area (Å²) in [5.74, 6) is -0.0918. The number of nitrogens with zero attached hydrogens (tertiary/aromatic N) is 1. The number of aliphatic carboxylic acids is 1. The van der Waals surface area contributed by atoms with Gasteiger partial charge < -0.3 is 15.0 Å². The van der Waals surface area contributed by atoms with E-state index in [0.29, 0.717) is 17.3 Å². The van der Waals surface area contributed by atoms with E-state index in [1.54, 1.807) is 0 Å². The molecule has 6 heteroatoms. The number of hydrogen-bond donors (Lipinski definition) is 2. The van der Waals surface area contributed by atoms with Gasteiger partial charge in [-0.3, -0.25) is 0 Å². The first-order chi connectivity index (χ1) is 13.0. The average molecular weight is 397 g/mol. The summed E-state index contributed by atoms with van der Waals surface area (Å²) in [5.41, 5.74) is 5.61. The quantitative estimate of drug-likeness (QED) is 0.638. The van der Waals surface area contributed by atoms with Crippen LogP contribution in [0.1, 0.15) is 22.4 Å². The number of thioether (sulfide) groups is 1. The summed E-state index contributed by atoms with van der Waals surface area (Å²) in [7, 11) is 0. The molecule has 27 heavy (non-hydrogen) atoms. The van der Waals surface area contributed by atoms with Gasteiger partial charge in [-0.15, -0.1) is 0 Å². The summed E-state index contributed by atoms with van der Waals surface area (Å²) in [5, 5.41) is 10.9. The van der Waals surface area contributed by atoms with Crippen molar-refractivity contribution in [2.75, 3.05) is 0 Å². The minimum Gasteiger partial charge on any atom is -0.480 e. The summed E-state index contributed by atoms with van der Waals surface area (Å²) in [6, 6.07) is 15.8. The fourth-order valence-electron chi connectivity index (χ4n) is 3.53. The highest BCUT2D eigenvalue weighted by molar-refractivity contribution is 8.22. The van der Waals surface area contributed by atoms with Crippen LogP contribution in [0.15, 0.2) is 48.5 Å². The molecule has 2 aromatic carbocycles. The molecule has 0 spiro atoms. The van der Waals surface area contributed by atoms with Crippen LogP contribution in [0.2, 0.25) is 0 Å². The third-order valence-corrected chi connectivity index (χ3v) is 6.55. The van der Waals surface area contributed by atoms with Crippen molar-refractivity contribution in [1.29, 1.82) is 0 Å². The largest absolute Gasteiger partial charge is 0.480 e. The number of carbonyl (C=O) groups is 1. The first kappa shape index (κ1) is 18.1. The van der Waals surface area contributed by atoms with Crippen LogP contribution in [0.4, 0.5) is 0 Å². The number of H-pyrrole nitrogens is 1. The van der Waals surface area contributed by atoms with Crippen LogP contribution in [0.25, 0.3) is 10.9 Å². The highest BCUT2D eigenvalue weighted by atomic mass is 32.2. The fraction of sp³-hybridized carbons (Fsp3) is 0.238. The molecule has 0 saturated heterocycles. The van der Waals surface area contributed by atoms with E-state index < -0.39 is 12.0 Å². The maximum Gasteiger partial charge on any atom is 0.326 e. The van der Waals surface area contributed by atoms with Crippen molar-refractivity contribution in [2.24, 2.45) is 0 Å². The molecule has 4 nitrogen and oxygen atoms in total. The van der Waals surface area contributed by atoms with E-state index in [2.05, 4.69) is 36.2 Å². The van der Waals surface area contributed by atoms with Crippen molar-refractivity contribution in [3.05, 3.63) is 70.9 Å². The van der Waals surface area contributed by atoms with Crippen LogP contribution in [-0.2, 0) is 23.5 Å². The molecule has 1 unspecified atom stereocenters. The number of rotatable bonds is 3. The first-order valence-electron chi connectivity index (χ1n) is 8.83. The van der Waals surface area contributed by atoms with Gasteiger partial charge in [0.2, 0.25) is 0 Å². The molecule has 4 rings (SSSR count). The Morgan fingerprint density at radius 2 is 2.00 bits per heavy atom. The predicted octanol–water partition coefficient (Wildman–Crippen LogP) is 4.51. The highest BCUT2D eigenvalue weighted by Crippen LogP contribution is 2.32. The van der Waals surface area contributed by atoms with Gasteiger partial charge in [-0.05, 0) is 24.1 Å². The lowest BCUT2D eigenvalue weighted by Gasteiger charge is -2.34. The van der Waals surface area contributed by atoms with E-state index in [0.717, 1.165) is 27.9 Å². The Bertz CT molecular complexity index is 1010. The third-order valence-electron chi connectivity index (χ3n) is 5.01. The number of para-hydroxylation sites is 1. The molecule has 0 aliphatic carbocycles. The summed E-state index contributed by atoms with van der Waals surface area (Å²) in [6.07, 6.45) is 0.458. The Morgan fingerprint density at radius 3 is 2.74 bits per heavy atom. The van der Waals surface area contributed by atoms with Gasteiger partial charge in [0, 0.05) is 28.8 Å². The third kappa shape index (κ3) is 3.59. The maximum atomic E-state index is 11.9. The van der Waals surface area contributed by atoms with E-state index in [-0.39, 0.29) is 0 Å². The molecule has 138 valence electrons. The summed E-state index contributed by atoms with van der Waals surface area (Å²) in [6.45, 7) is 2.56. The van der Waals surface area contributed by atoms with Gasteiger partial charge in [-0.25, -0.2) is 4.79 Å². The van der Waals surface area contributed by atoms with E-state index >= 15 is 0 Å². The lowest BCUT2D eigenvalue weighted by molar-refractivity contribution is -0.142. The first-order valence-corrected chi connectivity index (χ1v) is 10.2. The second-order valence-corrected chi connectivity index (χ2v) is 8.46. The van der Waals surface area contributed by atoms with Gasteiger partial charge in [0.15, 0.2) is 0 Å². The zero-order valence-electron chi connectivity index (χ0n) is 14.9. The summed E-state index contributed by atoms with van der Waals surface area (Å²) < 4.78 is 0.632. The number of carboxylic acid groups (broad SMARTS) is 1. The number of benzene rings is 2. The number of aromatic amines is 1. The van der Waals surface area contributed by atoms with Crippen molar-refractivity contribution in [3.63, 3.8) is 0 Å². The van der Waals surface area contributed by atoms with Crippen molar-refractivity contribution in [3.8, 4) is 0 Å². The molecule has 1 aliphatic rings. The molecule has 0 fully saturated rings. The number of thiocarbonyl (C=S) groups is 1. The Hall–Kier alpha value is -2.31. The highest BCUT2D eigenvalue weighted by Gasteiger charge is 2.34. The van der Waals surface area contributed by atoms with Gasteiger partial charge in [-0.1, -0.05) is 72.0 Å². The summed E-state index contributed by atoms with van der Waals surface area (Å²) >= 11 is 7.14. The number of fused-ring (bicyclic) bond motifs is 3. The van der Waals surface area contributed by atoms with Crippen molar-refractivity contribution >= 4 is 45.2 Å². The lowest BCUT2D eigenvalue weighted by atomic mass is 9.97. The standard InChI is InChI=1S/C21H20N2O2S2/c1-13-6-8-14(9-7-13)12-27-21(26)23-11-18-16(10-19(23)20(24)25)15-4-2-3-5-17(15)22-18/h2-9,19,22H,10-12H2,1H3,(H,24,25). The number of aromatic nitrogens is 1. The molecule has 0 bridgehead atoms. The molecule has 0 radical (unpaired) electrons. The zero-order valence-corrected chi connectivity index (χ0v) is 16.6. The van der Waals surface area contributed by atoms with Crippen LogP contribution in [0.5, 0.6) is 0 Å². The lowest BCUT2D eigenvalue weighted by Crippen LogP contribution is -2.47. The average Bonchev–Trinajstić information content (AvgIpc) is 3.04. The van der Waals surface area contributed by atoms with Gasteiger partial charge >= 0.3 is 5.97 Å². The summed E-state index contributed by atoms with van der Waals surface area (Å²) in [4.78, 5) is 17.2. The van der Waals surface area contributed by atoms with E-state index in [4.69, 9.17) is 12.2 Å². The SMILES string of the molecule is Cc1ccc(CSC(=S)N2Cc3[nH]c4ccccc4c3CC2C(=O)O)cc1. The molecule has 1 aromatic heterocycles. The van der Waals surface area contributed by atoms with Crippen LogP contribution in [0, 0.1) is 6.92 Å². The Kier molecular flexibility index (Phi) is 4.93. The van der Waals surface area contributed by atoms with E-state index in [9.17, 15) is 9.90 Å². The Balaban J connectivity index is 1.56. The molecular formula is C21H20N2O2S2. The van der Waals surface area contributed by atoms with Crippen molar-refractivity contribution < 1.29 is 9.90 Å². The normalized spacial score (nSPS) is 16.3. The zero-order chi connectivity index (χ0) is 19.0. The Labute approximate surface area is 167 Å². The van der Waals surface area contributed by atoms with Gasteiger partial charge in [-0.2, -0.15) is 0 Å². The maximum absolute atomic E-state index is 11.9. The second-order valence-electron chi connectivity index (χ2n) is 6.85. The molecule has 2 N–H and O–H groups in total. The monoisotopic (exact) mass is 396 g/mol. The second kappa shape index (κ2) is 7.37. The van der Waals surface area contributed by atoms with Crippen LogP contribution < -0.4 is 0 Å². The molecule has 1 atom stereocenters. The smallest absolute Gasteiger partial charge is 0.326 e. The van der Waals surface area contributed by atoms with Gasteiger partial charge in [0.1, 0.15) is 10.4 Å². The molecule has 0 amide bonds. The molecule has 1 aliphatic heterocycles. The van der Waals surface area contributed by atoms with E-state index in [1.807, 2.05) is 29.2 Å². The predicted molar refractivity (Wildman–Crippen MR) is 114 cm³/mol. The molecule has 2 heterocycles.